The van der Waals surface area contributed by atoms with Gasteiger partial charge in [0, 0.05) is 12.1 Å². The predicted molar refractivity (Wildman–Crippen MR) is 80.8 cm³/mol. The van der Waals surface area contributed by atoms with Crippen LogP contribution in [0.3, 0.4) is 0 Å². The maximum absolute atomic E-state index is 12.0. The van der Waals surface area contributed by atoms with Crippen molar-refractivity contribution in [3.63, 3.8) is 0 Å². The van der Waals surface area contributed by atoms with Gasteiger partial charge < -0.3 is 16.2 Å². The third-order valence-electron chi connectivity index (χ3n) is 3.00. The van der Waals surface area contributed by atoms with Crippen LogP contribution in [0.4, 0.5) is 5.82 Å². The molecule has 4 N–H and O–H groups in total. The van der Waals surface area contributed by atoms with Crippen LogP contribution in [0.15, 0.2) is 24.3 Å². The van der Waals surface area contributed by atoms with Gasteiger partial charge in [-0.3, -0.25) is 4.79 Å². The number of anilines is 1. The number of nitrogens with two attached hydrogens (primary N) is 1. The van der Waals surface area contributed by atoms with Gasteiger partial charge in [0.2, 0.25) is 0 Å². The fourth-order valence-electron chi connectivity index (χ4n) is 2.02. The van der Waals surface area contributed by atoms with Gasteiger partial charge in [-0.1, -0.05) is 23.8 Å². The van der Waals surface area contributed by atoms with Crippen molar-refractivity contribution in [3.05, 3.63) is 41.2 Å². The molecule has 1 aromatic heterocycles. The summed E-state index contributed by atoms with van der Waals surface area (Å²) in [4.78, 5) is 20.5. The maximum atomic E-state index is 12.0. The Morgan fingerprint density at radius 2 is 2.10 bits per heavy atom. The van der Waals surface area contributed by atoms with Gasteiger partial charge in [-0.05, 0) is 19.9 Å². The first-order valence-electron chi connectivity index (χ1n) is 6.63. The van der Waals surface area contributed by atoms with Crippen molar-refractivity contribution in [1.82, 2.24) is 15.3 Å². The molecule has 2 rings (SSSR count). The Morgan fingerprint density at radius 1 is 1.33 bits per heavy atom. The lowest BCUT2D eigenvalue weighted by Gasteiger charge is -2.10. The number of nitrogens with one attached hydrogen (secondary N) is 1. The van der Waals surface area contributed by atoms with Gasteiger partial charge in [0.1, 0.15) is 0 Å². The monoisotopic (exact) mass is 286 g/mol. The van der Waals surface area contributed by atoms with Crippen molar-refractivity contribution in [1.29, 1.82) is 0 Å². The summed E-state index contributed by atoms with van der Waals surface area (Å²) in [5.41, 5.74) is 9.12. The molecule has 1 aromatic carbocycles. The number of aliphatic hydroxyl groups is 1. The number of amides is 1. The zero-order valence-electron chi connectivity index (χ0n) is 12.1. The summed E-state index contributed by atoms with van der Waals surface area (Å²) in [5.74, 6) is -0.359. The molecular weight excluding hydrogens is 268 g/mol. The van der Waals surface area contributed by atoms with E-state index in [-0.39, 0.29) is 24.7 Å². The van der Waals surface area contributed by atoms with Crippen LogP contribution < -0.4 is 11.1 Å². The number of nitrogen functional groups attached to an aromatic ring is 1. The van der Waals surface area contributed by atoms with Gasteiger partial charge >= 0.3 is 0 Å². The topological polar surface area (TPSA) is 101 Å². The highest BCUT2D eigenvalue weighted by atomic mass is 16.3. The highest BCUT2D eigenvalue weighted by Crippen LogP contribution is 2.23. The second-order valence-corrected chi connectivity index (χ2v) is 4.74. The number of aliphatic hydroxyl groups excluding tert-OH is 1. The molecular formula is C15H18N4O2. The molecule has 0 aliphatic carbocycles. The largest absolute Gasteiger partial charge is 0.395 e. The average Bonchev–Trinajstić information content (AvgIpc) is 2.44. The minimum Gasteiger partial charge on any atom is -0.395 e. The van der Waals surface area contributed by atoms with Gasteiger partial charge in [-0.15, -0.1) is 0 Å². The van der Waals surface area contributed by atoms with Crippen molar-refractivity contribution in [2.24, 2.45) is 0 Å². The first-order valence-corrected chi connectivity index (χ1v) is 6.63. The number of hydrogen-bond donors (Lipinski definition) is 3. The highest BCUT2D eigenvalue weighted by Gasteiger charge is 2.16. The molecule has 0 aliphatic rings. The minimum atomic E-state index is -0.442. The average molecular weight is 286 g/mol. The number of hydrogen-bond acceptors (Lipinski definition) is 5. The van der Waals surface area contributed by atoms with E-state index in [0.29, 0.717) is 11.4 Å². The summed E-state index contributed by atoms with van der Waals surface area (Å²) in [6.45, 7) is 3.79. The molecule has 0 saturated heterocycles. The van der Waals surface area contributed by atoms with Crippen LogP contribution in [0.1, 0.15) is 21.7 Å². The molecule has 2 aromatic rings. The Hall–Kier alpha value is -2.47. The molecule has 6 heteroatoms. The van der Waals surface area contributed by atoms with E-state index in [9.17, 15) is 4.79 Å². The molecule has 0 fully saturated rings. The predicted octanol–water partition coefficient (Wildman–Crippen LogP) is 1.06. The number of aryl methyl sites for hydroxylation is 2. The van der Waals surface area contributed by atoms with E-state index < -0.39 is 5.91 Å². The fraction of sp³-hybridized carbons (Fsp3) is 0.267. The smallest absolute Gasteiger partial charge is 0.273 e. The lowest BCUT2D eigenvalue weighted by atomic mass is 10.1. The van der Waals surface area contributed by atoms with Crippen LogP contribution >= 0.6 is 0 Å². The molecule has 1 amide bonds. The summed E-state index contributed by atoms with van der Waals surface area (Å²) in [6, 6.07) is 7.80. The van der Waals surface area contributed by atoms with Gasteiger partial charge in [0.15, 0.2) is 11.5 Å². The minimum absolute atomic E-state index is 0.0746. The van der Waals surface area contributed by atoms with Crippen molar-refractivity contribution in [2.45, 2.75) is 13.8 Å². The molecule has 21 heavy (non-hydrogen) atoms. The number of aromatic nitrogens is 2. The number of benzene rings is 1. The van der Waals surface area contributed by atoms with E-state index in [1.54, 1.807) is 6.92 Å². The van der Waals surface area contributed by atoms with Crippen LogP contribution in [-0.4, -0.2) is 34.1 Å². The summed E-state index contributed by atoms with van der Waals surface area (Å²) in [6.07, 6.45) is 0. The molecule has 0 aliphatic heterocycles. The van der Waals surface area contributed by atoms with Crippen molar-refractivity contribution >= 4 is 11.7 Å². The number of nitrogens with zero attached hydrogens (tertiary/aromatic N) is 2. The molecule has 6 nitrogen and oxygen atoms in total. The highest BCUT2D eigenvalue weighted by molar-refractivity contribution is 5.97. The van der Waals surface area contributed by atoms with E-state index in [0.717, 1.165) is 11.1 Å². The Labute approximate surface area is 123 Å². The molecule has 0 unspecified atom stereocenters. The lowest BCUT2D eigenvalue weighted by Crippen LogP contribution is -2.28. The number of carbonyl (C=O) groups excluding carboxylic acids is 1. The van der Waals surface area contributed by atoms with Crippen LogP contribution in [0.2, 0.25) is 0 Å². The standard InChI is InChI=1S/C15H18N4O2/c1-9-4-3-5-11(8-9)12-10(2)18-14(16)13(19-12)15(21)17-6-7-20/h3-5,8,20H,6-7H2,1-2H3,(H2,16,18)(H,17,21). The molecule has 0 atom stereocenters. The van der Waals surface area contributed by atoms with E-state index in [4.69, 9.17) is 10.8 Å². The first kappa shape index (κ1) is 14.9. The summed E-state index contributed by atoms with van der Waals surface area (Å²) >= 11 is 0. The summed E-state index contributed by atoms with van der Waals surface area (Å²) < 4.78 is 0. The fourth-order valence-corrected chi connectivity index (χ4v) is 2.02. The Balaban J connectivity index is 2.46. The van der Waals surface area contributed by atoms with Crippen molar-refractivity contribution in [3.8, 4) is 11.3 Å². The quantitative estimate of drug-likeness (QED) is 0.780. The number of rotatable bonds is 4. The van der Waals surface area contributed by atoms with E-state index in [1.165, 1.54) is 0 Å². The Morgan fingerprint density at radius 3 is 2.76 bits per heavy atom. The van der Waals surface area contributed by atoms with Crippen LogP contribution in [0.25, 0.3) is 11.3 Å². The van der Waals surface area contributed by atoms with Crippen molar-refractivity contribution in [2.75, 3.05) is 18.9 Å². The molecule has 110 valence electrons. The van der Waals surface area contributed by atoms with E-state index in [2.05, 4.69) is 15.3 Å². The van der Waals surface area contributed by atoms with Gasteiger partial charge in [-0.25, -0.2) is 9.97 Å². The third-order valence-corrected chi connectivity index (χ3v) is 3.00. The summed E-state index contributed by atoms with van der Waals surface area (Å²) in [5, 5.41) is 11.3. The first-order chi connectivity index (χ1) is 10.0. The zero-order valence-corrected chi connectivity index (χ0v) is 12.1. The van der Waals surface area contributed by atoms with E-state index in [1.807, 2.05) is 31.2 Å². The Kier molecular flexibility index (Phi) is 4.49. The van der Waals surface area contributed by atoms with E-state index >= 15 is 0 Å². The normalized spacial score (nSPS) is 10.4. The van der Waals surface area contributed by atoms with Crippen LogP contribution in [0, 0.1) is 13.8 Å². The number of carbonyl (C=O) groups is 1. The van der Waals surface area contributed by atoms with Crippen LogP contribution in [-0.2, 0) is 0 Å². The molecule has 0 radical (unpaired) electrons. The second kappa shape index (κ2) is 6.32. The van der Waals surface area contributed by atoms with Gasteiger partial charge in [0.05, 0.1) is 18.0 Å². The van der Waals surface area contributed by atoms with Gasteiger partial charge in [-0.2, -0.15) is 0 Å². The molecule has 0 bridgehead atoms. The maximum Gasteiger partial charge on any atom is 0.273 e. The lowest BCUT2D eigenvalue weighted by molar-refractivity contribution is 0.0940. The molecule has 0 saturated carbocycles. The molecule has 0 spiro atoms. The third kappa shape index (κ3) is 3.35. The zero-order chi connectivity index (χ0) is 15.4. The van der Waals surface area contributed by atoms with Crippen molar-refractivity contribution < 1.29 is 9.90 Å². The van der Waals surface area contributed by atoms with Gasteiger partial charge in [0.25, 0.3) is 5.91 Å². The summed E-state index contributed by atoms with van der Waals surface area (Å²) in [7, 11) is 0. The SMILES string of the molecule is Cc1cccc(-c2nc(C(=O)NCCO)c(N)nc2C)c1. The molecule has 1 heterocycles. The second-order valence-electron chi connectivity index (χ2n) is 4.74. The van der Waals surface area contributed by atoms with Crippen LogP contribution in [0.5, 0.6) is 0 Å². The Bertz CT molecular complexity index is 671.